The van der Waals surface area contributed by atoms with Gasteiger partial charge in [-0.15, -0.1) is 0 Å². The minimum absolute atomic E-state index is 0.221. The lowest BCUT2D eigenvalue weighted by Gasteiger charge is -2.16. The van der Waals surface area contributed by atoms with Crippen molar-refractivity contribution in [3.8, 4) is 5.69 Å². The number of esters is 1. The van der Waals surface area contributed by atoms with Crippen molar-refractivity contribution in [2.75, 3.05) is 11.9 Å². The Balaban J connectivity index is 1.76. The molecule has 0 bridgehead atoms. The predicted molar refractivity (Wildman–Crippen MR) is 73.6 cm³/mol. The maximum atomic E-state index is 11.6. The molecule has 1 aromatic heterocycles. The van der Waals surface area contributed by atoms with Crippen LogP contribution in [0.25, 0.3) is 5.69 Å². The molecule has 0 aliphatic carbocycles. The maximum absolute atomic E-state index is 11.6. The number of nitrogens with one attached hydrogen (secondary N) is 1. The summed E-state index contributed by atoms with van der Waals surface area (Å²) in [5.74, 6) is 0.701. The quantitative estimate of drug-likeness (QED) is 0.802. The minimum Gasteiger partial charge on any atom is -0.456 e. The van der Waals surface area contributed by atoms with Gasteiger partial charge in [0.2, 0.25) is 0 Å². The average Bonchev–Trinajstić information content (AvgIpc) is 3.02. The van der Waals surface area contributed by atoms with Crippen LogP contribution in [0.4, 0.5) is 5.82 Å². The molecule has 5 heteroatoms. The lowest BCUT2D eigenvalue weighted by Crippen LogP contribution is -2.15. The molecule has 5 nitrogen and oxygen atoms in total. The number of anilines is 1. The number of fused-ring (bicyclic) bond motifs is 1. The van der Waals surface area contributed by atoms with Gasteiger partial charge in [0.25, 0.3) is 0 Å². The van der Waals surface area contributed by atoms with Gasteiger partial charge in [-0.05, 0) is 19.1 Å². The van der Waals surface area contributed by atoms with E-state index in [4.69, 9.17) is 4.74 Å². The number of ether oxygens (including phenoxy) is 1. The zero-order valence-electron chi connectivity index (χ0n) is 11.0. The Morgan fingerprint density at radius 2 is 2.10 bits per heavy atom. The number of aromatic nitrogens is 2. The van der Waals surface area contributed by atoms with Crippen LogP contribution in [-0.2, 0) is 16.0 Å². The highest BCUT2D eigenvalue weighted by Crippen LogP contribution is 2.32. The van der Waals surface area contributed by atoms with E-state index in [2.05, 4.69) is 29.5 Å². The first-order valence-electron chi connectivity index (χ1n) is 6.52. The van der Waals surface area contributed by atoms with Crippen LogP contribution < -0.4 is 5.32 Å². The van der Waals surface area contributed by atoms with Gasteiger partial charge in [0.1, 0.15) is 12.4 Å². The standard InChI is InChI=1S/C15H13N3O2/c1-9-2-4-11(5-3-9)18-14-10(7-16-18)6-12-13(17-14)8-20-15(12)19/h2-5,7,17H,6,8H2,1H3. The highest BCUT2D eigenvalue weighted by Gasteiger charge is 2.31. The van der Waals surface area contributed by atoms with Crippen LogP contribution in [0, 0.1) is 6.92 Å². The van der Waals surface area contributed by atoms with E-state index in [1.54, 1.807) is 6.20 Å². The Morgan fingerprint density at radius 1 is 1.30 bits per heavy atom. The first-order valence-corrected chi connectivity index (χ1v) is 6.52. The fraction of sp³-hybridized carbons (Fsp3) is 0.200. The minimum atomic E-state index is -0.221. The van der Waals surface area contributed by atoms with Crippen LogP contribution in [0.2, 0.25) is 0 Å². The molecule has 100 valence electrons. The zero-order valence-corrected chi connectivity index (χ0v) is 11.0. The van der Waals surface area contributed by atoms with Crippen LogP contribution in [0.15, 0.2) is 41.7 Å². The summed E-state index contributed by atoms with van der Waals surface area (Å²) in [4.78, 5) is 11.6. The fourth-order valence-electron chi connectivity index (χ4n) is 2.59. The monoisotopic (exact) mass is 267 g/mol. The van der Waals surface area contributed by atoms with Gasteiger partial charge in [0, 0.05) is 12.0 Å². The second-order valence-electron chi connectivity index (χ2n) is 5.10. The van der Waals surface area contributed by atoms with E-state index in [1.807, 2.05) is 16.8 Å². The number of nitrogens with zero attached hydrogens (tertiary/aromatic N) is 2. The van der Waals surface area contributed by atoms with Crippen molar-refractivity contribution in [3.63, 3.8) is 0 Å². The first-order chi connectivity index (χ1) is 9.72. The molecule has 0 atom stereocenters. The van der Waals surface area contributed by atoms with E-state index in [0.29, 0.717) is 13.0 Å². The van der Waals surface area contributed by atoms with Crippen molar-refractivity contribution in [1.82, 2.24) is 9.78 Å². The van der Waals surface area contributed by atoms with E-state index in [9.17, 15) is 4.79 Å². The molecule has 1 aromatic carbocycles. The van der Waals surface area contributed by atoms with Crippen LogP contribution >= 0.6 is 0 Å². The second-order valence-corrected chi connectivity index (χ2v) is 5.10. The highest BCUT2D eigenvalue weighted by molar-refractivity contribution is 5.94. The van der Waals surface area contributed by atoms with Gasteiger partial charge < -0.3 is 10.1 Å². The summed E-state index contributed by atoms with van der Waals surface area (Å²) < 4.78 is 6.92. The molecule has 0 radical (unpaired) electrons. The smallest absolute Gasteiger partial charge is 0.336 e. The van der Waals surface area contributed by atoms with Gasteiger partial charge in [-0.1, -0.05) is 17.7 Å². The van der Waals surface area contributed by atoms with Crippen molar-refractivity contribution in [1.29, 1.82) is 0 Å². The second kappa shape index (κ2) is 3.96. The van der Waals surface area contributed by atoms with Gasteiger partial charge in [-0.25, -0.2) is 9.48 Å². The summed E-state index contributed by atoms with van der Waals surface area (Å²) in [6.45, 7) is 2.38. The van der Waals surface area contributed by atoms with Crippen molar-refractivity contribution in [2.24, 2.45) is 0 Å². The summed E-state index contributed by atoms with van der Waals surface area (Å²) >= 11 is 0. The van der Waals surface area contributed by atoms with Crippen LogP contribution in [0.5, 0.6) is 0 Å². The Hall–Kier alpha value is -2.56. The summed E-state index contributed by atoms with van der Waals surface area (Å²) in [5.41, 5.74) is 4.81. The zero-order chi connectivity index (χ0) is 13.7. The molecule has 2 aliphatic rings. The molecule has 2 aromatic rings. The third kappa shape index (κ3) is 1.56. The Kier molecular flexibility index (Phi) is 2.24. The number of benzene rings is 1. The summed E-state index contributed by atoms with van der Waals surface area (Å²) in [5, 5.41) is 7.71. The number of cyclic esters (lactones) is 1. The normalized spacial score (nSPS) is 16.6. The van der Waals surface area contributed by atoms with Crippen molar-refractivity contribution < 1.29 is 9.53 Å². The number of aryl methyl sites for hydroxylation is 1. The molecular weight excluding hydrogens is 254 g/mol. The summed E-state index contributed by atoms with van der Waals surface area (Å²) in [7, 11) is 0. The van der Waals surface area contributed by atoms with E-state index in [0.717, 1.165) is 28.3 Å². The molecule has 0 amide bonds. The molecule has 2 aliphatic heterocycles. The van der Waals surface area contributed by atoms with Crippen LogP contribution in [-0.4, -0.2) is 22.4 Å². The molecule has 1 N–H and O–H groups in total. The molecule has 4 rings (SSSR count). The van der Waals surface area contributed by atoms with Crippen molar-refractivity contribution in [3.05, 3.63) is 52.9 Å². The molecule has 0 unspecified atom stereocenters. The predicted octanol–water partition coefficient (Wildman–Crippen LogP) is 1.96. The Labute approximate surface area is 115 Å². The number of rotatable bonds is 1. The number of hydrogen-bond acceptors (Lipinski definition) is 4. The van der Waals surface area contributed by atoms with Gasteiger partial charge in [0.15, 0.2) is 0 Å². The number of carbonyl (C=O) groups excluding carboxylic acids is 1. The van der Waals surface area contributed by atoms with Crippen LogP contribution in [0.1, 0.15) is 11.1 Å². The average molecular weight is 267 g/mol. The van der Waals surface area contributed by atoms with E-state index in [1.165, 1.54) is 5.56 Å². The third-order valence-electron chi connectivity index (χ3n) is 3.72. The summed E-state index contributed by atoms with van der Waals surface area (Å²) in [6, 6.07) is 8.17. The Morgan fingerprint density at radius 3 is 2.90 bits per heavy atom. The topological polar surface area (TPSA) is 56.2 Å². The van der Waals surface area contributed by atoms with Gasteiger partial charge in [-0.2, -0.15) is 5.10 Å². The number of hydrogen-bond donors (Lipinski definition) is 1. The van der Waals surface area contributed by atoms with E-state index >= 15 is 0 Å². The lowest BCUT2D eigenvalue weighted by atomic mass is 10.0. The molecular formula is C15H13N3O2. The van der Waals surface area contributed by atoms with Crippen LogP contribution in [0.3, 0.4) is 0 Å². The molecule has 3 heterocycles. The SMILES string of the molecule is Cc1ccc(-n2ncc3c2NC2=C(C3)C(=O)OC2)cc1. The van der Waals surface area contributed by atoms with Gasteiger partial charge in [0.05, 0.1) is 23.2 Å². The first kappa shape index (κ1) is 11.3. The lowest BCUT2D eigenvalue weighted by molar-refractivity contribution is -0.136. The third-order valence-corrected chi connectivity index (χ3v) is 3.72. The molecule has 0 spiro atoms. The van der Waals surface area contributed by atoms with Crippen molar-refractivity contribution in [2.45, 2.75) is 13.3 Å². The van der Waals surface area contributed by atoms with E-state index < -0.39 is 0 Å². The number of carbonyl (C=O) groups is 1. The summed E-state index contributed by atoms with van der Waals surface area (Å²) in [6.07, 6.45) is 2.39. The molecule has 0 fully saturated rings. The van der Waals surface area contributed by atoms with Crippen molar-refractivity contribution >= 4 is 11.8 Å². The fourth-order valence-corrected chi connectivity index (χ4v) is 2.59. The Bertz CT molecular complexity index is 741. The van der Waals surface area contributed by atoms with Gasteiger partial charge in [-0.3, -0.25) is 0 Å². The molecule has 20 heavy (non-hydrogen) atoms. The van der Waals surface area contributed by atoms with Gasteiger partial charge >= 0.3 is 5.97 Å². The largest absolute Gasteiger partial charge is 0.456 e. The highest BCUT2D eigenvalue weighted by atomic mass is 16.5. The molecule has 0 saturated carbocycles. The molecule has 0 saturated heterocycles. The van der Waals surface area contributed by atoms with E-state index in [-0.39, 0.29) is 5.97 Å². The maximum Gasteiger partial charge on any atom is 0.336 e.